The second kappa shape index (κ2) is 8.05. The van der Waals surface area contributed by atoms with Crippen LogP contribution in [0.25, 0.3) is 0 Å². The van der Waals surface area contributed by atoms with Crippen molar-refractivity contribution in [2.45, 2.75) is 26.0 Å². The molecule has 0 bridgehead atoms. The third-order valence-electron chi connectivity index (χ3n) is 4.94. The van der Waals surface area contributed by atoms with Gasteiger partial charge in [0.15, 0.2) is 0 Å². The van der Waals surface area contributed by atoms with Crippen LogP contribution in [-0.4, -0.2) is 61.9 Å². The van der Waals surface area contributed by atoms with Gasteiger partial charge in [-0.3, -0.25) is 14.7 Å². The molecular weight excluding hydrogens is 306 g/mol. The smallest absolute Gasteiger partial charge is 0.224 e. The molecule has 1 aromatic rings. The summed E-state index contributed by atoms with van der Waals surface area (Å²) in [5, 5.41) is 3.00. The Balaban J connectivity index is 1.65. The molecule has 2 saturated heterocycles. The van der Waals surface area contributed by atoms with Crippen molar-refractivity contribution in [2.24, 2.45) is 11.8 Å². The van der Waals surface area contributed by atoms with E-state index in [1.54, 1.807) is 7.11 Å². The van der Waals surface area contributed by atoms with Gasteiger partial charge >= 0.3 is 0 Å². The second-order valence-electron chi connectivity index (χ2n) is 6.72. The standard InChI is InChI=1S/C18H27N3O3/c1-13-4-3-5-14(20-13)10-21-11-16(18(22)19-7-9-23-2)15-6-8-24-17(15)12-21/h3-5,15-17H,6-12H2,1-2H3,(H,19,22)/t15-,16+,17+/m1/s1. The van der Waals surface area contributed by atoms with Crippen LogP contribution in [0.2, 0.25) is 0 Å². The molecule has 0 aliphatic carbocycles. The van der Waals surface area contributed by atoms with E-state index >= 15 is 0 Å². The normalized spacial score (nSPS) is 27.0. The first-order chi connectivity index (χ1) is 11.7. The van der Waals surface area contributed by atoms with Crippen LogP contribution < -0.4 is 5.32 Å². The van der Waals surface area contributed by atoms with Crippen molar-refractivity contribution in [3.63, 3.8) is 0 Å². The summed E-state index contributed by atoms with van der Waals surface area (Å²) in [6.45, 7) is 6.26. The minimum absolute atomic E-state index is 0.0204. The van der Waals surface area contributed by atoms with Gasteiger partial charge in [0.05, 0.1) is 24.3 Å². The largest absolute Gasteiger partial charge is 0.383 e. The highest BCUT2D eigenvalue weighted by atomic mass is 16.5. The van der Waals surface area contributed by atoms with Crippen LogP contribution in [0.15, 0.2) is 18.2 Å². The Bertz CT molecular complexity index is 566. The highest BCUT2D eigenvalue weighted by Crippen LogP contribution is 2.34. The number of methoxy groups -OCH3 is 1. The Labute approximate surface area is 143 Å². The predicted molar refractivity (Wildman–Crippen MR) is 90.5 cm³/mol. The first-order valence-corrected chi connectivity index (χ1v) is 8.70. The number of hydrogen-bond acceptors (Lipinski definition) is 5. The number of ether oxygens (including phenoxy) is 2. The van der Waals surface area contributed by atoms with Crippen molar-refractivity contribution in [1.29, 1.82) is 0 Å². The number of nitrogens with one attached hydrogen (secondary N) is 1. The van der Waals surface area contributed by atoms with E-state index in [1.165, 1.54) is 0 Å². The lowest BCUT2D eigenvalue weighted by molar-refractivity contribution is -0.131. The molecule has 3 heterocycles. The van der Waals surface area contributed by atoms with E-state index in [4.69, 9.17) is 9.47 Å². The summed E-state index contributed by atoms with van der Waals surface area (Å²) in [6.07, 6.45) is 1.13. The third-order valence-corrected chi connectivity index (χ3v) is 4.94. The molecule has 3 rings (SSSR count). The number of amides is 1. The number of rotatable bonds is 6. The number of nitrogens with zero attached hydrogens (tertiary/aromatic N) is 2. The topological polar surface area (TPSA) is 63.7 Å². The average molecular weight is 333 g/mol. The minimum Gasteiger partial charge on any atom is -0.383 e. The van der Waals surface area contributed by atoms with Crippen molar-refractivity contribution in [1.82, 2.24) is 15.2 Å². The number of carbonyl (C=O) groups is 1. The summed E-state index contributed by atoms with van der Waals surface area (Å²) in [4.78, 5) is 19.5. The van der Waals surface area contributed by atoms with Gasteiger partial charge in [0.25, 0.3) is 0 Å². The Kier molecular flexibility index (Phi) is 5.81. The van der Waals surface area contributed by atoms with Gasteiger partial charge in [-0.1, -0.05) is 6.07 Å². The molecule has 0 aromatic carbocycles. The lowest BCUT2D eigenvalue weighted by Crippen LogP contribution is -2.52. The quantitative estimate of drug-likeness (QED) is 0.787. The number of aromatic nitrogens is 1. The summed E-state index contributed by atoms with van der Waals surface area (Å²) < 4.78 is 10.9. The van der Waals surface area contributed by atoms with E-state index in [9.17, 15) is 4.79 Å². The van der Waals surface area contributed by atoms with Gasteiger partial charge in [-0.25, -0.2) is 0 Å². The molecule has 1 amide bonds. The van der Waals surface area contributed by atoms with Crippen LogP contribution in [0.5, 0.6) is 0 Å². The zero-order valence-electron chi connectivity index (χ0n) is 14.5. The number of piperidine rings is 1. The molecule has 2 fully saturated rings. The van der Waals surface area contributed by atoms with Crippen molar-refractivity contribution in [2.75, 3.05) is 40.0 Å². The number of hydrogen-bond donors (Lipinski definition) is 1. The second-order valence-corrected chi connectivity index (χ2v) is 6.72. The van der Waals surface area contributed by atoms with Crippen LogP contribution in [0.4, 0.5) is 0 Å². The lowest BCUT2D eigenvalue weighted by atomic mass is 9.82. The van der Waals surface area contributed by atoms with E-state index in [2.05, 4.69) is 15.2 Å². The Morgan fingerprint density at radius 1 is 1.46 bits per heavy atom. The summed E-state index contributed by atoms with van der Waals surface area (Å²) in [6, 6.07) is 6.08. The molecule has 3 atom stereocenters. The summed E-state index contributed by atoms with van der Waals surface area (Å²) >= 11 is 0. The summed E-state index contributed by atoms with van der Waals surface area (Å²) in [5.74, 6) is 0.427. The van der Waals surface area contributed by atoms with Crippen LogP contribution in [0.3, 0.4) is 0 Å². The van der Waals surface area contributed by atoms with Crippen molar-refractivity contribution in [3.05, 3.63) is 29.6 Å². The van der Waals surface area contributed by atoms with Gasteiger partial charge in [0.1, 0.15) is 0 Å². The van der Waals surface area contributed by atoms with E-state index in [1.807, 2.05) is 25.1 Å². The van der Waals surface area contributed by atoms with Gasteiger partial charge in [-0.2, -0.15) is 0 Å². The molecule has 2 aliphatic heterocycles. The van der Waals surface area contributed by atoms with E-state index in [0.717, 1.165) is 44.0 Å². The van der Waals surface area contributed by atoms with Crippen molar-refractivity contribution >= 4 is 5.91 Å². The fourth-order valence-electron chi connectivity index (χ4n) is 3.79. The zero-order valence-corrected chi connectivity index (χ0v) is 14.5. The maximum Gasteiger partial charge on any atom is 0.224 e. The number of pyridine rings is 1. The van der Waals surface area contributed by atoms with Gasteiger partial charge < -0.3 is 14.8 Å². The molecule has 1 N–H and O–H groups in total. The molecular formula is C18H27N3O3. The predicted octanol–water partition coefficient (Wildman–Crippen LogP) is 0.990. The molecule has 132 valence electrons. The van der Waals surface area contributed by atoms with E-state index in [0.29, 0.717) is 19.1 Å². The van der Waals surface area contributed by atoms with Crippen LogP contribution in [0, 0.1) is 18.8 Å². The number of carbonyl (C=O) groups excluding carboxylic acids is 1. The maximum atomic E-state index is 12.6. The van der Waals surface area contributed by atoms with E-state index in [-0.39, 0.29) is 17.9 Å². The van der Waals surface area contributed by atoms with Gasteiger partial charge in [-0.15, -0.1) is 0 Å². The number of likely N-dealkylation sites (tertiary alicyclic amines) is 1. The molecule has 1 aromatic heterocycles. The monoisotopic (exact) mass is 333 g/mol. The third kappa shape index (κ3) is 4.12. The van der Waals surface area contributed by atoms with Crippen LogP contribution in [-0.2, 0) is 20.8 Å². The molecule has 6 heteroatoms. The summed E-state index contributed by atoms with van der Waals surface area (Å²) in [7, 11) is 1.64. The Morgan fingerprint density at radius 3 is 3.12 bits per heavy atom. The first kappa shape index (κ1) is 17.3. The Morgan fingerprint density at radius 2 is 2.33 bits per heavy atom. The maximum absolute atomic E-state index is 12.6. The number of fused-ring (bicyclic) bond motifs is 1. The molecule has 0 radical (unpaired) electrons. The SMILES string of the molecule is COCCNC(=O)[C@H]1CN(Cc2cccc(C)n2)C[C@@H]2OCC[C@@H]21. The van der Waals surface area contributed by atoms with Gasteiger partial charge in [0, 0.05) is 51.5 Å². The Hall–Kier alpha value is -1.50. The van der Waals surface area contributed by atoms with E-state index < -0.39 is 0 Å². The molecule has 0 spiro atoms. The fraction of sp³-hybridized carbons (Fsp3) is 0.667. The van der Waals surface area contributed by atoms with Crippen LogP contribution >= 0.6 is 0 Å². The first-order valence-electron chi connectivity index (χ1n) is 8.70. The molecule has 0 unspecified atom stereocenters. The molecule has 0 saturated carbocycles. The van der Waals surface area contributed by atoms with Gasteiger partial charge in [-0.05, 0) is 25.5 Å². The van der Waals surface area contributed by atoms with Crippen LogP contribution in [0.1, 0.15) is 17.8 Å². The minimum atomic E-state index is -0.0204. The molecule has 2 aliphatic rings. The molecule has 6 nitrogen and oxygen atoms in total. The lowest BCUT2D eigenvalue weighted by Gasteiger charge is -2.39. The zero-order chi connectivity index (χ0) is 16.9. The fourth-order valence-corrected chi connectivity index (χ4v) is 3.79. The highest BCUT2D eigenvalue weighted by Gasteiger charge is 2.43. The van der Waals surface area contributed by atoms with Crippen molar-refractivity contribution in [3.8, 4) is 0 Å². The summed E-state index contributed by atoms with van der Waals surface area (Å²) in [5.41, 5.74) is 2.07. The number of aryl methyl sites for hydroxylation is 1. The van der Waals surface area contributed by atoms with Gasteiger partial charge in [0.2, 0.25) is 5.91 Å². The molecule has 24 heavy (non-hydrogen) atoms. The highest BCUT2D eigenvalue weighted by molar-refractivity contribution is 5.79. The average Bonchev–Trinajstić information content (AvgIpc) is 3.02. The van der Waals surface area contributed by atoms with Crippen molar-refractivity contribution < 1.29 is 14.3 Å².